The van der Waals surface area contributed by atoms with Gasteiger partial charge in [-0.2, -0.15) is 4.98 Å². The number of nitrogens with one attached hydrogen (secondary N) is 1. The number of hydrogen-bond donors (Lipinski definition) is 1. The molecule has 6 heteroatoms. The minimum absolute atomic E-state index is 0.0749. The van der Waals surface area contributed by atoms with Crippen molar-refractivity contribution in [3.05, 3.63) is 15.7 Å². The highest BCUT2D eigenvalue weighted by Gasteiger charge is 2.07. The fourth-order valence-electron chi connectivity index (χ4n) is 0.979. The third-order valence-corrected chi connectivity index (χ3v) is 2.43. The molecule has 0 aromatic carbocycles. The molecule has 0 aliphatic carbocycles. The van der Waals surface area contributed by atoms with Crippen LogP contribution in [0.5, 0.6) is 5.88 Å². The lowest BCUT2D eigenvalue weighted by atomic mass is 10.4. The van der Waals surface area contributed by atoms with Gasteiger partial charge in [0.05, 0.1) is 10.2 Å². The maximum absolute atomic E-state index is 11.2. The average Bonchev–Trinajstić information content (AvgIpc) is 2.31. The summed E-state index contributed by atoms with van der Waals surface area (Å²) in [5.41, 5.74) is 0. The minimum Gasteiger partial charge on any atom is -0.477 e. The molecule has 0 atom stereocenters. The summed E-state index contributed by atoms with van der Waals surface area (Å²) in [7, 11) is 0. The Balaban J connectivity index is 2.69. The monoisotopic (exact) mass is 346 g/mol. The van der Waals surface area contributed by atoms with Crippen molar-refractivity contribution in [2.24, 2.45) is 0 Å². The van der Waals surface area contributed by atoms with Gasteiger partial charge in [0.1, 0.15) is 5.82 Å². The van der Waals surface area contributed by atoms with Crippen molar-refractivity contribution in [1.82, 2.24) is 4.98 Å². The van der Waals surface area contributed by atoms with Gasteiger partial charge in [-0.25, -0.2) is 4.79 Å². The number of amides is 1. The number of carbonyl (C=O) groups excluding carboxylic acids is 1. The first kappa shape index (κ1) is 13.6. The molecule has 0 unspecified atom stereocenters. The third-order valence-electron chi connectivity index (χ3n) is 1.61. The fraction of sp³-hybridized carbons (Fsp3) is 0.273. The van der Waals surface area contributed by atoms with Crippen molar-refractivity contribution in [1.29, 1.82) is 0 Å². The standard InChI is InChI=1S/C11H11IN2O3/c1-3-7-17-11(15)14-9-6-5-8(12)10(13-9)16-4-2/h1,5-6H,4,7H2,2H3,(H,13,14,15). The number of aromatic nitrogens is 1. The SMILES string of the molecule is C#CCOC(=O)Nc1ccc(I)c(OCC)n1. The Hall–Kier alpha value is -1.49. The molecule has 0 bridgehead atoms. The summed E-state index contributed by atoms with van der Waals surface area (Å²) < 4.78 is 10.8. The molecule has 1 N–H and O–H groups in total. The summed E-state index contributed by atoms with van der Waals surface area (Å²) in [6, 6.07) is 3.44. The normalized spacial score (nSPS) is 9.24. The summed E-state index contributed by atoms with van der Waals surface area (Å²) in [5, 5.41) is 2.45. The second-order valence-corrected chi connectivity index (χ2v) is 3.98. The second kappa shape index (κ2) is 6.96. The Morgan fingerprint density at radius 2 is 2.41 bits per heavy atom. The Morgan fingerprint density at radius 3 is 3.06 bits per heavy atom. The number of terminal acetylenes is 1. The number of hydrogen-bond acceptors (Lipinski definition) is 4. The Labute approximate surface area is 113 Å². The maximum Gasteiger partial charge on any atom is 0.413 e. The van der Waals surface area contributed by atoms with Gasteiger partial charge in [-0.1, -0.05) is 5.92 Å². The zero-order chi connectivity index (χ0) is 12.7. The Bertz CT molecular complexity index is 443. The number of nitrogens with zero attached hydrogens (tertiary/aromatic N) is 1. The smallest absolute Gasteiger partial charge is 0.413 e. The van der Waals surface area contributed by atoms with Crippen LogP contribution in [0.25, 0.3) is 0 Å². The third kappa shape index (κ3) is 4.48. The minimum atomic E-state index is -0.640. The molecular weight excluding hydrogens is 335 g/mol. The molecule has 1 aromatic rings. The molecule has 0 saturated carbocycles. The van der Waals surface area contributed by atoms with Gasteiger partial charge in [0, 0.05) is 0 Å². The topological polar surface area (TPSA) is 60.5 Å². The van der Waals surface area contributed by atoms with E-state index in [1.54, 1.807) is 12.1 Å². The summed E-state index contributed by atoms with van der Waals surface area (Å²) in [6.07, 6.45) is 4.32. The molecule has 1 heterocycles. The van der Waals surface area contributed by atoms with Crippen molar-refractivity contribution in [2.45, 2.75) is 6.92 Å². The zero-order valence-electron chi connectivity index (χ0n) is 9.20. The summed E-state index contributed by atoms with van der Waals surface area (Å²) in [4.78, 5) is 15.3. The Kier molecular flexibility index (Phi) is 5.56. The van der Waals surface area contributed by atoms with Crippen LogP contribution in [0.1, 0.15) is 6.92 Å². The zero-order valence-corrected chi connectivity index (χ0v) is 11.4. The van der Waals surface area contributed by atoms with Crippen LogP contribution in [0.3, 0.4) is 0 Å². The van der Waals surface area contributed by atoms with Crippen molar-refractivity contribution in [2.75, 3.05) is 18.5 Å². The highest BCUT2D eigenvalue weighted by Crippen LogP contribution is 2.20. The predicted molar refractivity (Wildman–Crippen MR) is 71.9 cm³/mol. The number of pyridine rings is 1. The van der Waals surface area contributed by atoms with Crippen LogP contribution < -0.4 is 10.1 Å². The number of ether oxygens (including phenoxy) is 2. The average molecular weight is 346 g/mol. The van der Waals surface area contributed by atoms with E-state index in [0.717, 1.165) is 3.57 Å². The summed E-state index contributed by atoms with van der Waals surface area (Å²) in [6.45, 7) is 2.29. The van der Waals surface area contributed by atoms with Crippen molar-refractivity contribution in [3.8, 4) is 18.2 Å². The molecule has 5 nitrogen and oxygen atoms in total. The first-order valence-electron chi connectivity index (χ1n) is 4.84. The summed E-state index contributed by atoms with van der Waals surface area (Å²) in [5.74, 6) is 3.03. The molecule has 1 amide bonds. The molecule has 17 heavy (non-hydrogen) atoms. The molecule has 1 rings (SSSR count). The lowest BCUT2D eigenvalue weighted by Crippen LogP contribution is -2.15. The molecule has 0 saturated heterocycles. The van der Waals surface area contributed by atoms with Crippen LogP contribution in [0, 0.1) is 15.9 Å². The van der Waals surface area contributed by atoms with Gasteiger partial charge in [-0.05, 0) is 41.6 Å². The molecule has 0 radical (unpaired) electrons. The van der Waals surface area contributed by atoms with E-state index in [2.05, 4.69) is 43.5 Å². The van der Waals surface area contributed by atoms with E-state index >= 15 is 0 Å². The first-order chi connectivity index (χ1) is 8.17. The maximum atomic E-state index is 11.2. The van der Waals surface area contributed by atoms with E-state index in [-0.39, 0.29) is 6.61 Å². The quantitative estimate of drug-likeness (QED) is 0.671. The van der Waals surface area contributed by atoms with E-state index in [0.29, 0.717) is 18.3 Å². The van der Waals surface area contributed by atoms with Gasteiger partial charge in [0.15, 0.2) is 6.61 Å². The molecule has 1 aromatic heterocycles. The van der Waals surface area contributed by atoms with Gasteiger partial charge in [0.2, 0.25) is 5.88 Å². The lowest BCUT2D eigenvalue weighted by molar-refractivity contribution is 0.176. The van der Waals surface area contributed by atoms with Gasteiger partial charge < -0.3 is 9.47 Å². The van der Waals surface area contributed by atoms with Gasteiger partial charge in [0.25, 0.3) is 0 Å². The van der Waals surface area contributed by atoms with Crippen molar-refractivity contribution >= 4 is 34.5 Å². The molecule has 0 aliphatic rings. The van der Waals surface area contributed by atoms with E-state index in [9.17, 15) is 4.79 Å². The number of anilines is 1. The van der Waals surface area contributed by atoms with Crippen LogP contribution in [0.15, 0.2) is 12.1 Å². The number of carbonyl (C=O) groups is 1. The summed E-state index contributed by atoms with van der Waals surface area (Å²) >= 11 is 2.10. The van der Waals surface area contributed by atoms with Crippen LogP contribution in [0.4, 0.5) is 10.6 Å². The van der Waals surface area contributed by atoms with E-state index in [1.807, 2.05) is 6.92 Å². The Morgan fingerprint density at radius 1 is 1.65 bits per heavy atom. The highest BCUT2D eigenvalue weighted by atomic mass is 127. The molecule has 0 aliphatic heterocycles. The van der Waals surface area contributed by atoms with E-state index in [1.165, 1.54) is 0 Å². The largest absolute Gasteiger partial charge is 0.477 e. The molecule has 90 valence electrons. The fourth-order valence-corrected chi connectivity index (χ4v) is 1.43. The van der Waals surface area contributed by atoms with E-state index < -0.39 is 6.09 Å². The number of rotatable bonds is 4. The molecule has 0 fully saturated rings. The second-order valence-electron chi connectivity index (χ2n) is 2.82. The van der Waals surface area contributed by atoms with Gasteiger partial charge in [-0.3, -0.25) is 5.32 Å². The van der Waals surface area contributed by atoms with Crippen molar-refractivity contribution < 1.29 is 14.3 Å². The van der Waals surface area contributed by atoms with Crippen LogP contribution in [0.2, 0.25) is 0 Å². The molecule has 0 spiro atoms. The predicted octanol–water partition coefficient (Wildman–Crippen LogP) is 2.27. The van der Waals surface area contributed by atoms with Crippen LogP contribution in [-0.2, 0) is 4.74 Å². The lowest BCUT2D eigenvalue weighted by Gasteiger charge is -2.08. The molecular formula is C11H11IN2O3. The van der Waals surface area contributed by atoms with Crippen LogP contribution >= 0.6 is 22.6 Å². The first-order valence-corrected chi connectivity index (χ1v) is 5.91. The van der Waals surface area contributed by atoms with Crippen molar-refractivity contribution in [3.63, 3.8) is 0 Å². The highest BCUT2D eigenvalue weighted by molar-refractivity contribution is 14.1. The van der Waals surface area contributed by atoms with Gasteiger partial charge >= 0.3 is 6.09 Å². The number of halogens is 1. The van der Waals surface area contributed by atoms with Crippen LogP contribution in [-0.4, -0.2) is 24.3 Å². The van der Waals surface area contributed by atoms with Gasteiger partial charge in [-0.15, -0.1) is 6.42 Å². The van der Waals surface area contributed by atoms with E-state index in [4.69, 9.17) is 11.2 Å².